The van der Waals surface area contributed by atoms with Crippen molar-refractivity contribution in [1.29, 1.82) is 0 Å². The largest absolute Gasteiger partial charge is 0.496 e. The van der Waals surface area contributed by atoms with Crippen molar-refractivity contribution >= 4 is 17.6 Å². The second-order valence-corrected chi connectivity index (χ2v) is 10.4. The summed E-state index contributed by atoms with van der Waals surface area (Å²) in [5, 5.41) is 4.30. The summed E-state index contributed by atoms with van der Waals surface area (Å²) >= 11 is 0. The molecular weight excluding hydrogens is 485 g/mol. The van der Waals surface area contributed by atoms with E-state index in [1.54, 1.807) is 30.3 Å². The van der Waals surface area contributed by atoms with Crippen molar-refractivity contribution in [2.24, 2.45) is 0 Å². The van der Waals surface area contributed by atoms with Crippen molar-refractivity contribution in [2.75, 3.05) is 31.6 Å². The summed E-state index contributed by atoms with van der Waals surface area (Å²) in [6.07, 6.45) is 2.02. The summed E-state index contributed by atoms with van der Waals surface area (Å²) in [6, 6.07) is 15.6. The van der Waals surface area contributed by atoms with E-state index in [2.05, 4.69) is 5.10 Å². The van der Waals surface area contributed by atoms with Gasteiger partial charge in [0.1, 0.15) is 11.6 Å². The van der Waals surface area contributed by atoms with E-state index in [9.17, 15) is 14.0 Å². The summed E-state index contributed by atoms with van der Waals surface area (Å²) in [5.74, 6) is 0.0344. The number of methoxy groups -OCH3 is 1. The van der Waals surface area contributed by atoms with E-state index < -0.39 is 11.4 Å². The monoisotopic (exact) mass is 519 g/mol. The number of hydrogen-bond acceptors (Lipinski definition) is 4. The molecule has 9 heteroatoms. The lowest BCUT2D eigenvalue weighted by atomic mass is 9.80. The Balaban J connectivity index is 1.58. The molecule has 0 radical (unpaired) electrons. The van der Waals surface area contributed by atoms with Crippen molar-refractivity contribution in [3.63, 3.8) is 0 Å². The van der Waals surface area contributed by atoms with Gasteiger partial charge in [-0.05, 0) is 51.1 Å². The number of hydrogen-bond donors (Lipinski definition) is 0. The molecule has 2 atom stereocenters. The van der Waals surface area contributed by atoms with Gasteiger partial charge in [0, 0.05) is 67.7 Å². The van der Waals surface area contributed by atoms with Crippen LogP contribution in [0.5, 0.6) is 5.75 Å². The number of carbonyl (C=O) groups excluding carboxylic acids is 2. The van der Waals surface area contributed by atoms with E-state index >= 15 is 0 Å². The molecular formula is C29H34FN5O3. The number of amides is 3. The average Bonchev–Trinajstić information content (AvgIpc) is 3.57. The van der Waals surface area contributed by atoms with E-state index in [0.29, 0.717) is 44.0 Å². The number of halogens is 1. The molecule has 8 nitrogen and oxygen atoms in total. The summed E-state index contributed by atoms with van der Waals surface area (Å²) in [7, 11) is 1.63. The SMILES string of the molecule is COc1ccccc1[C@H]1CN(C(=O)CCn2nccc2C)C[C@@]12CN(C(C)C)C(=O)N2c1cccc(F)c1. The van der Waals surface area contributed by atoms with Gasteiger partial charge in [-0.15, -0.1) is 0 Å². The Morgan fingerprint density at radius 1 is 1.16 bits per heavy atom. The van der Waals surface area contributed by atoms with E-state index in [0.717, 1.165) is 11.3 Å². The first-order valence-corrected chi connectivity index (χ1v) is 13.0. The van der Waals surface area contributed by atoms with Crippen molar-refractivity contribution in [3.8, 4) is 5.75 Å². The number of ether oxygens (including phenoxy) is 1. The Hall–Kier alpha value is -3.88. The van der Waals surface area contributed by atoms with Crippen LogP contribution in [-0.4, -0.2) is 69.8 Å². The molecule has 0 unspecified atom stereocenters. The molecule has 1 spiro atoms. The molecule has 2 aromatic carbocycles. The van der Waals surface area contributed by atoms with Crippen molar-refractivity contribution < 1.29 is 18.7 Å². The van der Waals surface area contributed by atoms with Gasteiger partial charge in [0.25, 0.3) is 0 Å². The molecule has 0 aliphatic carbocycles. The van der Waals surface area contributed by atoms with Crippen LogP contribution in [0.2, 0.25) is 0 Å². The van der Waals surface area contributed by atoms with Crippen LogP contribution in [-0.2, 0) is 11.3 Å². The number of rotatable bonds is 7. The third-order valence-corrected chi connectivity index (χ3v) is 7.87. The maximum absolute atomic E-state index is 14.4. The van der Waals surface area contributed by atoms with Crippen LogP contribution >= 0.6 is 0 Å². The summed E-state index contributed by atoms with van der Waals surface area (Å²) < 4.78 is 22.0. The lowest BCUT2D eigenvalue weighted by Gasteiger charge is -2.38. The Kier molecular flexibility index (Phi) is 6.86. The van der Waals surface area contributed by atoms with Gasteiger partial charge in [-0.25, -0.2) is 9.18 Å². The second kappa shape index (κ2) is 10.1. The fraction of sp³-hybridized carbons (Fsp3) is 0.414. The van der Waals surface area contributed by atoms with Crippen LogP contribution in [0.15, 0.2) is 60.8 Å². The quantitative estimate of drug-likeness (QED) is 0.463. The zero-order valence-electron chi connectivity index (χ0n) is 22.3. The number of urea groups is 1. The molecule has 0 saturated carbocycles. The lowest BCUT2D eigenvalue weighted by Crippen LogP contribution is -2.53. The van der Waals surface area contributed by atoms with Gasteiger partial charge in [-0.1, -0.05) is 24.3 Å². The Labute approximate surface area is 222 Å². The van der Waals surface area contributed by atoms with Gasteiger partial charge in [0.05, 0.1) is 12.6 Å². The molecule has 0 N–H and O–H groups in total. The minimum absolute atomic E-state index is 0.00805. The van der Waals surface area contributed by atoms with Crippen LogP contribution in [0.25, 0.3) is 0 Å². The lowest BCUT2D eigenvalue weighted by molar-refractivity contribution is -0.130. The maximum Gasteiger partial charge on any atom is 0.325 e. The fourth-order valence-corrected chi connectivity index (χ4v) is 5.95. The molecule has 0 bridgehead atoms. The summed E-state index contributed by atoms with van der Waals surface area (Å²) in [4.78, 5) is 32.9. The minimum Gasteiger partial charge on any atom is -0.496 e. The number of carbonyl (C=O) groups is 2. The molecule has 38 heavy (non-hydrogen) atoms. The van der Waals surface area contributed by atoms with Crippen LogP contribution in [0.1, 0.15) is 37.4 Å². The van der Waals surface area contributed by atoms with Gasteiger partial charge < -0.3 is 14.5 Å². The molecule has 2 saturated heterocycles. The molecule has 3 aromatic rings. The van der Waals surface area contributed by atoms with E-state index in [1.165, 1.54) is 12.1 Å². The van der Waals surface area contributed by atoms with Crippen LogP contribution in [0.3, 0.4) is 0 Å². The third-order valence-electron chi connectivity index (χ3n) is 7.87. The summed E-state index contributed by atoms with van der Waals surface area (Å²) in [5.41, 5.74) is 1.60. The number of anilines is 1. The minimum atomic E-state index is -0.805. The smallest absolute Gasteiger partial charge is 0.325 e. The molecule has 2 aliphatic rings. The highest BCUT2D eigenvalue weighted by molar-refractivity contribution is 5.97. The van der Waals surface area contributed by atoms with E-state index in [-0.39, 0.29) is 23.9 Å². The predicted molar refractivity (Wildman–Crippen MR) is 143 cm³/mol. The molecule has 2 fully saturated rings. The number of nitrogens with zero attached hydrogens (tertiary/aromatic N) is 5. The van der Waals surface area contributed by atoms with E-state index in [4.69, 9.17) is 4.74 Å². The van der Waals surface area contributed by atoms with Crippen LogP contribution < -0.4 is 9.64 Å². The Morgan fingerprint density at radius 2 is 1.95 bits per heavy atom. The standard InChI is InChI=1S/C29H34FN5O3/c1-20(2)33-19-29(35(28(33)37)23-9-7-8-22(30)16-23)18-32(27(36)13-15-34-21(3)12-14-31-34)17-25(29)24-10-5-6-11-26(24)38-4/h5-12,14,16,20,25H,13,15,17-19H2,1-4H3/t25-,29-/m1/s1. The van der Waals surface area contributed by atoms with Gasteiger partial charge >= 0.3 is 6.03 Å². The summed E-state index contributed by atoms with van der Waals surface area (Å²) in [6.45, 7) is 7.55. The first-order chi connectivity index (χ1) is 18.2. The molecule has 3 heterocycles. The van der Waals surface area contributed by atoms with Gasteiger partial charge in [0.2, 0.25) is 5.91 Å². The van der Waals surface area contributed by atoms with Crippen LogP contribution in [0.4, 0.5) is 14.9 Å². The zero-order chi connectivity index (χ0) is 27.0. The van der Waals surface area contributed by atoms with Crippen LogP contribution in [0, 0.1) is 12.7 Å². The number of aromatic nitrogens is 2. The number of likely N-dealkylation sites (tertiary alicyclic amines) is 1. The van der Waals surface area contributed by atoms with Gasteiger partial charge in [0.15, 0.2) is 0 Å². The topological polar surface area (TPSA) is 70.9 Å². The van der Waals surface area contributed by atoms with Crippen molar-refractivity contribution in [3.05, 3.63) is 77.9 Å². The molecule has 2 aliphatic heterocycles. The maximum atomic E-state index is 14.4. The number of aryl methyl sites for hydroxylation is 2. The number of benzene rings is 2. The molecule has 3 amide bonds. The highest BCUT2D eigenvalue weighted by atomic mass is 19.1. The van der Waals surface area contributed by atoms with Gasteiger partial charge in [-0.3, -0.25) is 14.4 Å². The molecule has 1 aromatic heterocycles. The van der Waals surface area contributed by atoms with E-state index in [1.807, 2.05) is 65.6 Å². The normalized spacial score (nSPS) is 21.3. The second-order valence-electron chi connectivity index (χ2n) is 10.4. The fourth-order valence-electron chi connectivity index (χ4n) is 5.95. The van der Waals surface area contributed by atoms with Crippen molar-refractivity contribution in [1.82, 2.24) is 19.6 Å². The molecule has 200 valence electrons. The molecule has 5 rings (SSSR count). The number of para-hydroxylation sites is 1. The van der Waals surface area contributed by atoms with Gasteiger partial charge in [-0.2, -0.15) is 5.10 Å². The third kappa shape index (κ3) is 4.40. The predicted octanol–water partition coefficient (Wildman–Crippen LogP) is 4.44. The van der Waals surface area contributed by atoms with Crippen molar-refractivity contribution in [2.45, 2.75) is 51.2 Å². The zero-order valence-corrected chi connectivity index (χ0v) is 22.3. The Morgan fingerprint density at radius 3 is 2.63 bits per heavy atom. The first kappa shape index (κ1) is 25.8. The Bertz CT molecular complexity index is 1340. The average molecular weight is 520 g/mol. The highest BCUT2D eigenvalue weighted by Crippen LogP contribution is 2.49. The first-order valence-electron chi connectivity index (χ1n) is 13.0. The highest BCUT2D eigenvalue weighted by Gasteiger charge is 2.61.